The molecule has 2 heterocycles. The van der Waals surface area contributed by atoms with Gasteiger partial charge in [0.2, 0.25) is 0 Å². The van der Waals surface area contributed by atoms with Gasteiger partial charge in [0.1, 0.15) is 0 Å². The van der Waals surface area contributed by atoms with Crippen molar-refractivity contribution in [2.75, 3.05) is 0 Å². The molecule has 3 aromatic carbocycles. The predicted molar refractivity (Wildman–Crippen MR) is 100.0 cm³/mol. The van der Waals surface area contributed by atoms with E-state index in [-0.39, 0.29) is 0 Å². The molecule has 0 unspecified atom stereocenters. The Labute approximate surface area is 139 Å². The summed E-state index contributed by atoms with van der Waals surface area (Å²) in [6.07, 6.45) is 1.85. The van der Waals surface area contributed by atoms with Crippen LogP contribution in [0.15, 0.2) is 85.1 Å². The zero-order valence-corrected chi connectivity index (χ0v) is 13.0. The van der Waals surface area contributed by atoms with Gasteiger partial charge in [-0.3, -0.25) is 4.98 Å². The van der Waals surface area contributed by atoms with Gasteiger partial charge in [-0.15, -0.1) is 0 Å². The average Bonchev–Trinajstić information content (AvgIpc) is 2.68. The standard InChI is InChI=1S/C22H14N2/c1-2-7-15(8-3-1)20-13-12-18-16-9-4-5-10-17(16)21-19(22(18)24-20)11-6-14-23-21/h1-14H. The van der Waals surface area contributed by atoms with Gasteiger partial charge >= 0.3 is 0 Å². The first-order valence-electron chi connectivity index (χ1n) is 8.03. The van der Waals surface area contributed by atoms with E-state index in [9.17, 15) is 0 Å². The number of aromatic nitrogens is 2. The van der Waals surface area contributed by atoms with Crippen molar-refractivity contribution in [1.29, 1.82) is 0 Å². The number of hydrogen-bond acceptors (Lipinski definition) is 2. The first-order chi connectivity index (χ1) is 11.9. The van der Waals surface area contributed by atoms with Crippen LogP contribution in [0, 0.1) is 0 Å². The van der Waals surface area contributed by atoms with Crippen LogP contribution in [0.5, 0.6) is 0 Å². The molecule has 2 aromatic heterocycles. The lowest BCUT2D eigenvalue weighted by Gasteiger charge is -2.10. The monoisotopic (exact) mass is 306 g/mol. The molecule has 5 rings (SSSR count). The number of benzene rings is 3. The van der Waals surface area contributed by atoms with Crippen molar-refractivity contribution in [3.63, 3.8) is 0 Å². The molecule has 0 radical (unpaired) electrons. The third-order valence-corrected chi connectivity index (χ3v) is 4.50. The fraction of sp³-hybridized carbons (Fsp3) is 0. The van der Waals surface area contributed by atoms with Gasteiger partial charge in [0.25, 0.3) is 0 Å². The van der Waals surface area contributed by atoms with Gasteiger partial charge in [0, 0.05) is 27.9 Å². The molecule has 0 fully saturated rings. The summed E-state index contributed by atoms with van der Waals surface area (Å²) in [7, 11) is 0. The maximum Gasteiger partial charge on any atom is 0.0810 e. The SMILES string of the molecule is c1ccc(-c2ccc3c4ccccc4c4ncccc4c3n2)cc1. The summed E-state index contributed by atoms with van der Waals surface area (Å²) in [6, 6.07) is 27.1. The van der Waals surface area contributed by atoms with Crippen LogP contribution in [0.1, 0.15) is 0 Å². The average molecular weight is 306 g/mol. The van der Waals surface area contributed by atoms with Crippen molar-refractivity contribution < 1.29 is 0 Å². The smallest absolute Gasteiger partial charge is 0.0810 e. The van der Waals surface area contributed by atoms with Crippen LogP contribution in [0.4, 0.5) is 0 Å². The van der Waals surface area contributed by atoms with E-state index < -0.39 is 0 Å². The summed E-state index contributed by atoms with van der Waals surface area (Å²) in [5.74, 6) is 0. The van der Waals surface area contributed by atoms with Gasteiger partial charge in [-0.1, -0.05) is 54.6 Å². The van der Waals surface area contributed by atoms with E-state index in [1.165, 1.54) is 16.2 Å². The van der Waals surface area contributed by atoms with E-state index in [2.05, 4.69) is 59.6 Å². The first-order valence-corrected chi connectivity index (χ1v) is 8.03. The second-order valence-electron chi connectivity index (χ2n) is 5.90. The number of rotatable bonds is 1. The summed E-state index contributed by atoms with van der Waals surface area (Å²) in [6.45, 7) is 0. The van der Waals surface area contributed by atoms with Crippen LogP contribution in [-0.4, -0.2) is 9.97 Å². The van der Waals surface area contributed by atoms with Crippen molar-refractivity contribution in [2.45, 2.75) is 0 Å². The molecule has 0 atom stereocenters. The van der Waals surface area contributed by atoms with Gasteiger partial charge in [0.15, 0.2) is 0 Å². The number of pyridine rings is 2. The number of hydrogen-bond donors (Lipinski definition) is 0. The molecule has 2 nitrogen and oxygen atoms in total. The molecule has 0 aliphatic rings. The zero-order chi connectivity index (χ0) is 15.9. The van der Waals surface area contributed by atoms with Gasteiger partial charge in [-0.25, -0.2) is 4.98 Å². The molecule has 112 valence electrons. The Bertz CT molecular complexity index is 1160. The molecule has 0 spiro atoms. The predicted octanol–water partition coefficient (Wildman–Crippen LogP) is 5.60. The van der Waals surface area contributed by atoms with Crippen LogP contribution < -0.4 is 0 Å². The van der Waals surface area contributed by atoms with Crippen LogP contribution in [0.2, 0.25) is 0 Å². The van der Waals surface area contributed by atoms with Gasteiger partial charge in [-0.05, 0) is 29.7 Å². The van der Waals surface area contributed by atoms with Gasteiger partial charge in [-0.2, -0.15) is 0 Å². The fourth-order valence-electron chi connectivity index (χ4n) is 3.39. The van der Waals surface area contributed by atoms with Crippen molar-refractivity contribution in [3.8, 4) is 11.3 Å². The minimum absolute atomic E-state index is 0.989. The molecular weight excluding hydrogens is 292 g/mol. The molecule has 0 saturated heterocycles. The highest BCUT2D eigenvalue weighted by Crippen LogP contribution is 2.34. The summed E-state index contributed by atoms with van der Waals surface area (Å²) >= 11 is 0. The summed E-state index contributed by atoms with van der Waals surface area (Å²) in [5.41, 5.74) is 4.14. The van der Waals surface area contributed by atoms with E-state index in [4.69, 9.17) is 4.98 Å². The highest BCUT2D eigenvalue weighted by Gasteiger charge is 2.11. The summed E-state index contributed by atoms with van der Waals surface area (Å²) < 4.78 is 0. The van der Waals surface area contributed by atoms with Crippen LogP contribution in [0.25, 0.3) is 43.8 Å². The second kappa shape index (κ2) is 5.14. The second-order valence-corrected chi connectivity index (χ2v) is 5.90. The lowest BCUT2D eigenvalue weighted by molar-refractivity contribution is 1.39. The first kappa shape index (κ1) is 13.2. The van der Waals surface area contributed by atoms with Crippen molar-refractivity contribution in [1.82, 2.24) is 9.97 Å². The van der Waals surface area contributed by atoms with Gasteiger partial charge < -0.3 is 0 Å². The third kappa shape index (κ3) is 1.90. The topological polar surface area (TPSA) is 25.8 Å². The lowest BCUT2D eigenvalue weighted by atomic mass is 9.99. The van der Waals surface area contributed by atoms with E-state index in [1.807, 2.05) is 30.5 Å². The quantitative estimate of drug-likeness (QED) is 0.376. The minimum Gasteiger partial charge on any atom is -0.256 e. The Balaban J connectivity index is 1.96. The molecule has 0 amide bonds. The van der Waals surface area contributed by atoms with Crippen molar-refractivity contribution >= 4 is 32.6 Å². The molecule has 0 bridgehead atoms. The highest BCUT2D eigenvalue weighted by atomic mass is 14.7. The molecule has 0 aliphatic heterocycles. The summed E-state index contributed by atoms with van der Waals surface area (Å²) in [4.78, 5) is 9.61. The molecule has 2 heteroatoms. The molecule has 0 saturated carbocycles. The Kier molecular flexibility index (Phi) is 2.83. The minimum atomic E-state index is 0.989. The highest BCUT2D eigenvalue weighted by molar-refractivity contribution is 6.23. The largest absolute Gasteiger partial charge is 0.256 e. The zero-order valence-electron chi connectivity index (χ0n) is 13.0. The Hall–Kier alpha value is -3.26. The van der Waals surface area contributed by atoms with Crippen LogP contribution in [0.3, 0.4) is 0 Å². The van der Waals surface area contributed by atoms with E-state index in [0.29, 0.717) is 0 Å². The van der Waals surface area contributed by atoms with E-state index in [0.717, 1.165) is 27.7 Å². The Morgan fingerprint density at radius 2 is 1.21 bits per heavy atom. The molecule has 5 aromatic rings. The molecule has 0 aliphatic carbocycles. The molecule has 0 N–H and O–H groups in total. The summed E-state index contributed by atoms with van der Waals surface area (Å²) in [5, 5.41) is 4.65. The van der Waals surface area contributed by atoms with E-state index >= 15 is 0 Å². The Morgan fingerprint density at radius 3 is 2.08 bits per heavy atom. The number of nitrogens with zero attached hydrogens (tertiary/aromatic N) is 2. The Morgan fingerprint density at radius 1 is 0.500 bits per heavy atom. The fourth-order valence-corrected chi connectivity index (χ4v) is 3.39. The van der Waals surface area contributed by atoms with Crippen molar-refractivity contribution in [3.05, 3.63) is 85.1 Å². The maximum absolute atomic E-state index is 4.98. The molecule has 24 heavy (non-hydrogen) atoms. The number of fused-ring (bicyclic) bond motifs is 6. The van der Waals surface area contributed by atoms with E-state index in [1.54, 1.807) is 0 Å². The normalized spacial score (nSPS) is 11.3. The molecular formula is C22H14N2. The third-order valence-electron chi connectivity index (χ3n) is 4.50. The van der Waals surface area contributed by atoms with Gasteiger partial charge in [0.05, 0.1) is 16.7 Å². The van der Waals surface area contributed by atoms with Crippen LogP contribution in [-0.2, 0) is 0 Å². The van der Waals surface area contributed by atoms with Crippen LogP contribution >= 0.6 is 0 Å². The lowest BCUT2D eigenvalue weighted by Crippen LogP contribution is -1.90. The maximum atomic E-state index is 4.98. The van der Waals surface area contributed by atoms with Crippen molar-refractivity contribution in [2.24, 2.45) is 0 Å².